The molecule has 1 amide bonds. The van der Waals surface area contributed by atoms with E-state index in [-0.39, 0.29) is 18.9 Å². The van der Waals surface area contributed by atoms with Crippen LogP contribution in [0.1, 0.15) is 32.1 Å². The van der Waals surface area contributed by atoms with Crippen molar-refractivity contribution in [1.82, 2.24) is 5.32 Å². The molecule has 1 fully saturated rings. The molecular weight excluding hydrogens is 249 g/mol. The Hall–Kier alpha value is -0.820. The average molecular weight is 268 g/mol. The molecule has 1 aliphatic heterocycles. The van der Waals surface area contributed by atoms with Crippen molar-refractivity contribution in [2.24, 2.45) is 5.73 Å². The molecule has 0 aromatic carbocycles. The summed E-state index contributed by atoms with van der Waals surface area (Å²) in [5.74, 6) is -0.294. The quantitative estimate of drug-likeness (QED) is 0.740. The number of nitrogens with one attached hydrogen (secondary N) is 1. The van der Waals surface area contributed by atoms with E-state index < -0.39 is 18.1 Å². The van der Waals surface area contributed by atoms with Gasteiger partial charge in [-0.3, -0.25) is 4.79 Å². The number of hydrogen-bond acceptors (Lipinski definition) is 3. The zero-order valence-corrected chi connectivity index (χ0v) is 10.2. The van der Waals surface area contributed by atoms with E-state index in [2.05, 4.69) is 5.32 Å². The Morgan fingerprint density at radius 2 is 1.89 bits per heavy atom. The molecule has 1 saturated heterocycles. The highest BCUT2D eigenvalue weighted by atomic mass is 19.4. The molecule has 1 heterocycles. The molecule has 0 unspecified atom stereocenters. The average Bonchev–Trinajstić information content (AvgIpc) is 2.27. The number of hydrogen-bond donors (Lipinski definition) is 2. The van der Waals surface area contributed by atoms with E-state index in [9.17, 15) is 18.0 Å². The molecular formula is C11H19F3N2O2. The van der Waals surface area contributed by atoms with Crippen LogP contribution in [-0.4, -0.2) is 37.4 Å². The number of amides is 1. The Balaban J connectivity index is 2.17. The van der Waals surface area contributed by atoms with E-state index in [1.807, 2.05) is 0 Å². The zero-order chi connectivity index (χ0) is 13.6. The molecule has 0 aromatic heterocycles. The number of halogens is 3. The van der Waals surface area contributed by atoms with Gasteiger partial charge in [-0.1, -0.05) is 0 Å². The second kappa shape index (κ2) is 6.38. The second-order valence-corrected chi connectivity index (χ2v) is 4.60. The molecule has 106 valence electrons. The van der Waals surface area contributed by atoms with Crippen molar-refractivity contribution in [2.75, 3.05) is 19.8 Å². The number of carbonyl (C=O) groups is 1. The molecule has 0 aliphatic carbocycles. The van der Waals surface area contributed by atoms with Gasteiger partial charge in [0.05, 0.1) is 5.54 Å². The molecule has 4 nitrogen and oxygen atoms in total. The number of ether oxygens (including phenoxy) is 1. The molecule has 0 radical (unpaired) electrons. The van der Waals surface area contributed by atoms with Gasteiger partial charge in [0.2, 0.25) is 5.91 Å². The molecule has 0 atom stereocenters. The topological polar surface area (TPSA) is 64.4 Å². The smallest absolute Gasteiger partial charge is 0.381 e. The maximum atomic E-state index is 11.9. The van der Waals surface area contributed by atoms with Crippen molar-refractivity contribution < 1.29 is 22.7 Å². The standard InChI is InChI=1S/C11H19F3N2O2/c12-11(13,14)3-1-2-6-16-9(17)10(15)4-7-18-8-5-10/h1-8,15H2,(H,16,17). The van der Waals surface area contributed by atoms with Crippen LogP contribution in [0.2, 0.25) is 0 Å². The Morgan fingerprint density at radius 3 is 2.44 bits per heavy atom. The van der Waals surface area contributed by atoms with Gasteiger partial charge in [0.15, 0.2) is 0 Å². The molecule has 0 saturated carbocycles. The van der Waals surface area contributed by atoms with Crippen LogP contribution >= 0.6 is 0 Å². The Morgan fingerprint density at radius 1 is 1.28 bits per heavy atom. The molecule has 3 N–H and O–H groups in total. The van der Waals surface area contributed by atoms with Crippen molar-refractivity contribution >= 4 is 5.91 Å². The van der Waals surface area contributed by atoms with Crippen LogP contribution in [0.15, 0.2) is 0 Å². The Kier molecular flexibility index (Phi) is 5.40. The highest BCUT2D eigenvalue weighted by molar-refractivity contribution is 5.86. The summed E-state index contributed by atoms with van der Waals surface area (Å²) in [5.41, 5.74) is 4.99. The number of carbonyl (C=O) groups excluding carboxylic acids is 1. The summed E-state index contributed by atoms with van der Waals surface area (Å²) in [7, 11) is 0. The van der Waals surface area contributed by atoms with Crippen LogP contribution < -0.4 is 11.1 Å². The lowest BCUT2D eigenvalue weighted by atomic mass is 9.90. The predicted molar refractivity (Wildman–Crippen MR) is 59.9 cm³/mol. The van der Waals surface area contributed by atoms with Gasteiger partial charge >= 0.3 is 6.18 Å². The molecule has 0 aromatic rings. The first kappa shape index (κ1) is 15.2. The first-order valence-electron chi connectivity index (χ1n) is 6.05. The summed E-state index contributed by atoms with van der Waals surface area (Å²) < 4.78 is 40.7. The maximum absolute atomic E-state index is 11.9. The highest BCUT2D eigenvalue weighted by Gasteiger charge is 2.35. The summed E-state index contributed by atoms with van der Waals surface area (Å²) in [6, 6.07) is 0. The maximum Gasteiger partial charge on any atom is 0.389 e. The summed E-state index contributed by atoms with van der Waals surface area (Å²) >= 11 is 0. The fourth-order valence-electron chi connectivity index (χ4n) is 1.79. The van der Waals surface area contributed by atoms with Crippen LogP contribution in [0.25, 0.3) is 0 Å². The van der Waals surface area contributed by atoms with Crippen LogP contribution in [0.3, 0.4) is 0 Å². The lowest BCUT2D eigenvalue weighted by Gasteiger charge is -2.31. The third-order valence-electron chi connectivity index (χ3n) is 3.01. The number of alkyl halides is 3. The minimum absolute atomic E-state index is 0.0183. The minimum Gasteiger partial charge on any atom is -0.381 e. The second-order valence-electron chi connectivity index (χ2n) is 4.60. The first-order valence-corrected chi connectivity index (χ1v) is 6.05. The van der Waals surface area contributed by atoms with Gasteiger partial charge in [0.1, 0.15) is 0 Å². The van der Waals surface area contributed by atoms with Gasteiger partial charge in [-0.2, -0.15) is 13.2 Å². The van der Waals surface area contributed by atoms with Crippen molar-refractivity contribution in [3.8, 4) is 0 Å². The third-order valence-corrected chi connectivity index (χ3v) is 3.01. The normalized spacial score (nSPS) is 19.6. The van der Waals surface area contributed by atoms with Gasteiger partial charge in [0, 0.05) is 26.2 Å². The molecule has 1 rings (SSSR count). The van der Waals surface area contributed by atoms with Gasteiger partial charge in [-0.05, 0) is 25.7 Å². The summed E-state index contributed by atoms with van der Waals surface area (Å²) in [6.07, 6.45) is -3.73. The van der Waals surface area contributed by atoms with Gasteiger partial charge in [-0.15, -0.1) is 0 Å². The fourth-order valence-corrected chi connectivity index (χ4v) is 1.79. The van der Waals surface area contributed by atoms with Crippen molar-refractivity contribution in [3.63, 3.8) is 0 Å². The molecule has 1 aliphatic rings. The van der Waals surface area contributed by atoms with E-state index in [1.165, 1.54) is 0 Å². The summed E-state index contributed by atoms with van der Waals surface area (Å²) in [5, 5.41) is 2.59. The minimum atomic E-state index is -4.13. The molecule has 0 bridgehead atoms. The number of rotatable bonds is 5. The van der Waals surface area contributed by atoms with E-state index in [0.717, 1.165) is 0 Å². The van der Waals surface area contributed by atoms with E-state index >= 15 is 0 Å². The van der Waals surface area contributed by atoms with Gasteiger partial charge in [0.25, 0.3) is 0 Å². The monoisotopic (exact) mass is 268 g/mol. The first-order chi connectivity index (χ1) is 8.33. The molecule has 18 heavy (non-hydrogen) atoms. The lowest BCUT2D eigenvalue weighted by Crippen LogP contribution is -2.57. The summed E-state index contributed by atoms with van der Waals surface area (Å²) in [4.78, 5) is 11.8. The SMILES string of the molecule is NC1(C(=O)NCCCCC(F)(F)F)CCOCC1. The highest BCUT2D eigenvalue weighted by Crippen LogP contribution is 2.22. The Bertz CT molecular complexity index is 276. The Labute approximate surface area is 104 Å². The van der Waals surface area contributed by atoms with Crippen LogP contribution in [0.4, 0.5) is 13.2 Å². The van der Waals surface area contributed by atoms with E-state index in [1.54, 1.807) is 0 Å². The fraction of sp³-hybridized carbons (Fsp3) is 0.909. The van der Waals surface area contributed by atoms with E-state index in [4.69, 9.17) is 10.5 Å². The zero-order valence-electron chi connectivity index (χ0n) is 10.2. The van der Waals surface area contributed by atoms with Crippen LogP contribution in [-0.2, 0) is 9.53 Å². The summed E-state index contributed by atoms with van der Waals surface area (Å²) in [6.45, 7) is 1.12. The van der Waals surface area contributed by atoms with Crippen LogP contribution in [0.5, 0.6) is 0 Å². The number of unbranched alkanes of at least 4 members (excludes halogenated alkanes) is 1. The molecule has 7 heteroatoms. The predicted octanol–water partition coefficient (Wildman–Crippen LogP) is 1.34. The van der Waals surface area contributed by atoms with E-state index in [0.29, 0.717) is 32.5 Å². The lowest BCUT2D eigenvalue weighted by molar-refractivity contribution is -0.135. The van der Waals surface area contributed by atoms with Gasteiger partial charge < -0.3 is 15.8 Å². The van der Waals surface area contributed by atoms with Crippen LogP contribution in [0, 0.1) is 0 Å². The third kappa shape index (κ3) is 5.22. The molecule has 0 spiro atoms. The number of nitrogens with two attached hydrogens (primary N) is 1. The largest absolute Gasteiger partial charge is 0.389 e. The van der Waals surface area contributed by atoms with Crippen molar-refractivity contribution in [1.29, 1.82) is 0 Å². The van der Waals surface area contributed by atoms with Gasteiger partial charge in [-0.25, -0.2) is 0 Å². The van der Waals surface area contributed by atoms with Crippen molar-refractivity contribution in [2.45, 2.75) is 43.8 Å². The van der Waals surface area contributed by atoms with Crippen molar-refractivity contribution in [3.05, 3.63) is 0 Å².